The van der Waals surface area contributed by atoms with Gasteiger partial charge in [0.25, 0.3) is 0 Å². The molecular weight excluding hydrogens is 220 g/mol. The van der Waals surface area contributed by atoms with Crippen molar-refractivity contribution in [1.82, 2.24) is 4.98 Å². The molecule has 88 valence electrons. The van der Waals surface area contributed by atoms with Crippen LogP contribution in [0.1, 0.15) is 43.4 Å². The van der Waals surface area contributed by atoms with E-state index in [0.717, 1.165) is 10.0 Å². The lowest BCUT2D eigenvalue weighted by molar-refractivity contribution is -0.117. The van der Waals surface area contributed by atoms with Crippen LogP contribution in [0.25, 0.3) is 0 Å². The van der Waals surface area contributed by atoms with Gasteiger partial charge in [-0.05, 0) is 25.7 Å². The minimum atomic E-state index is 0.126. The Morgan fingerprint density at radius 3 is 2.88 bits per heavy atom. The van der Waals surface area contributed by atoms with Gasteiger partial charge in [0.1, 0.15) is 0 Å². The van der Waals surface area contributed by atoms with Crippen LogP contribution in [0.4, 0.5) is 5.13 Å². The third-order valence-corrected chi connectivity index (χ3v) is 3.89. The van der Waals surface area contributed by atoms with E-state index in [-0.39, 0.29) is 5.91 Å². The number of aryl methyl sites for hydroxylation is 1. The van der Waals surface area contributed by atoms with Gasteiger partial charge in [0.05, 0.1) is 0 Å². The van der Waals surface area contributed by atoms with Crippen LogP contribution in [0.2, 0.25) is 0 Å². The fourth-order valence-corrected chi connectivity index (χ4v) is 2.92. The molecule has 1 aliphatic carbocycles. The third-order valence-electron chi connectivity index (χ3n) is 3.07. The first kappa shape index (κ1) is 11.6. The highest BCUT2D eigenvalue weighted by Crippen LogP contribution is 2.27. The minimum Gasteiger partial charge on any atom is -0.302 e. The molecular formula is C12H18N2OS. The number of rotatable bonds is 3. The average Bonchev–Trinajstić information content (AvgIpc) is 2.65. The lowest BCUT2D eigenvalue weighted by atomic mass is 9.87. The Bertz CT molecular complexity index is 356. The highest BCUT2D eigenvalue weighted by Gasteiger charge is 2.17. The van der Waals surface area contributed by atoms with E-state index < -0.39 is 0 Å². The molecule has 16 heavy (non-hydrogen) atoms. The summed E-state index contributed by atoms with van der Waals surface area (Å²) in [6, 6.07) is 0. The molecule has 0 aliphatic heterocycles. The number of hydrogen-bond donors (Lipinski definition) is 1. The molecule has 3 nitrogen and oxygen atoms in total. The van der Waals surface area contributed by atoms with Crippen molar-refractivity contribution < 1.29 is 4.79 Å². The average molecular weight is 238 g/mol. The fourth-order valence-electron chi connectivity index (χ4n) is 2.24. The molecule has 0 radical (unpaired) electrons. The maximum absolute atomic E-state index is 11.7. The van der Waals surface area contributed by atoms with E-state index in [1.165, 1.54) is 43.4 Å². The summed E-state index contributed by atoms with van der Waals surface area (Å²) in [6.07, 6.45) is 8.79. The van der Waals surface area contributed by atoms with Crippen molar-refractivity contribution in [1.29, 1.82) is 0 Å². The normalized spacial score (nSPS) is 17.3. The summed E-state index contributed by atoms with van der Waals surface area (Å²) in [6.45, 7) is 1.99. The van der Waals surface area contributed by atoms with Gasteiger partial charge in [-0.3, -0.25) is 4.79 Å². The molecule has 0 aromatic carbocycles. The standard InChI is InChI=1S/C12H18N2OS/c1-9-8-13-12(16-9)14-11(15)7-10-5-3-2-4-6-10/h8,10H,2-7H2,1H3,(H,13,14,15). The number of anilines is 1. The van der Waals surface area contributed by atoms with Crippen LogP contribution in [0, 0.1) is 12.8 Å². The Kier molecular flexibility index (Phi) is 3.93. The Hall–Kier alpha value is -0.900. The van der Waals surface area contributed by atoms with Gasteiger partial charge in [0.15, 0.2) is 5.13 Å². The summed E-state index contributed by atoms with van der Waals surface area (Å²) < 4.78 is 0. The molecule has 0 bridgehead atoms. The second-order valence-electron chi connectivity index (χ2n) is 4.53. The van der Waals surface area contributed by atoms with Gasteiger partial charge in [0.2, 0.25) is 5.91 Å². The van der Waals surface area contributed by atoms with Crippen LogP contribution in [-0.4, -0.2) is 10.9 Å². The molecule has 1 aromatic heterocycles. The molecule has 1 heterocycles. The monoisotopic (exact) mass is 238 g/mol. The van der Waals surface area contributed by atoms with Crippen molar-refractivity contribution in [3.63, 3.8) is 0 Å². The molecule has 2 rings (SSSR count). The summed E-state index contributed by atoms with van der Waals surface area (Å²) in [5.74, 6) is 0.719. The molecule has 1 aromatic rings. The Morgan fingerprint density at radius 1 is 1.50 bits per heavy atom. The largest absolute Gasteiger partial charge is 0.302 e. The third kappa shape index (κ3) is 3.30. The number of aromatic nitrogens is 1. The molecule has 1 fully saturated rings. The van der Waals surface area contributed by atoms with Gasteiger partial charge in [0, 0.05) is 17.5 Å². The zero-order valence-corrected chi connectivity index (χ0v) is 10.5. The molecule has 4 heteroatoms. The topological polar surface area (TPSA) is 42.0 Å². The smallest absolute Gasteiger partial charge is 0.226 e. The van der Waals surface area contributed by atoms with Crippen molar-refractivity contribution in [2.24, 2.45) is 5.92 Å². The van der Waals surface area contributed by atoms with E-state index in [1.54, 1.807) is 6.20 Å². The molecule has 0 spiro atoms. The van der Waals surface area contributed by atoms with Gasteiger partial charge in [-0.25, -0.2) is 4.98 Å². The Morgan fingerprint density at radius 2 is 2.25 bits per heavy atom. The summed E-state index contributed by atoms with van der Waals surface area (Å²) in [5, 5.41) is 3.61. The second kappa shape index (κ2) is 5.43. The highest BCUT2D eigenvalue weighted by molar-refractivity contribution is 7.15. The zero-order valence-electron chi connectivity index (χ0n) is 9.66. The van der Waals surface area contributed by atoms with Gasteiger partial charge < -0.3 is 5.32 Å². The van der Waals surface area contributed by atoms with E-state index in [1.807, 2.05) is 6.92 Å². The van der Waals surface area contributed by atoms with Crippen LogP contribution in [0.15, 0.2) is 6.20 Å². The van der Waals surface area contributed by atoms with Crippen LogP contribution in [0.5, 0.6) is 0 Å². The number of carbonyl (C=O) groups excluding carboxylic acids is 1. The number of hydrogen-bond acceptors (Lipinski definition) is 3. The summed E-state index contributed by atoms with van der Waals surface area (Å²) in [5.41, 5.74) is 0. The maximum atomic E-state index is 11.7. The van der Waals surface area contributed by atoms with Crippen molar-refractivity contribution in [3.05, 3.63) is 11.1 Å². The van der Waals surface area contributed by atoms with Gasteiger partial charge in [-0.1, -0.05) is 19.3 Å². The van der Waals surface area contributed by atoms with Crippen molar-refractivity contribution in [2.75, 3.05) is 5.32 Å². The first-order chi connectivity index (χ1) is 7.74. The predicted octanol–water partition coefficient (Wildman–Crippen LogP) is 3.36. The zero-order chi connectivity index (χ0) is 11.4. The number of amides is 1. The molecule has 1 N–H and O–H groups in total. The molecule has 0 unspecified atom stereocenters. The second-order valence-corrected chi connectivity index (χ2v) is 5.77. The van der Waals surface area contributed by atoms with Crippen LogP contribution in [0.3, 0.4) is 0 Å². The van der Waals surface area contributed by atoms with E-state index >= 15 is 0 Å². The SMILES string of the molecule is Cc1cnc(NC(=O)CC2CCCCC2)s1. The Labute approximate surface area is 100 Å². The first-order valence-corrected chi connectivity index (χ1v) is 6.78. The van der Waals surface area contributed by atoms with E-state index in [0.29, 0.717) is 12.3 Å². The predicted molar refractivity (Wildman–Crippen MR) is 66.7 cm³/mol. The lowest BCUT2D eigenvalue weighted by Gasteiger charge is -2.20. The summed E-state index contributed by atoms with van der Waals surface area (Å²) >= 11 is 1.54. The summed E-state index contributed by atoms with van der Waals surface area (Å²) in [4.78, 5) is 17.0. The molecule has 0 saturated heterocycles. The quantitative estimate of drug-likeness (QED) is 0.877. The van der Waals surface area contributed by atoms with Gasteiger partial charge in [-0.2, -0.15) is 0 Å². The molecule has 1 aliphatic rings. The van der Waals surface area contributed by atoms with Gasteiger partial charge >= 0.3 is 0 Å². The number of thiazole rings is 1. The molecule has 1 amide bonds. The van der Waals surface area contributed by atoms with Crippen LogP contribution >= 0.6 is 11.3 Å². The van der Waals surface area contributed by atoms with E-state index in [4.69, 9.17) is 0 Å². The highest BCUT2D eigenvalue weighted by atomic mass is 32.1. The van der Waals surface area contributed by atoms with Crippen molar-refractivity contribution >= 4 is 22.4 Å². The minimum absolute atomic E-state index is 0.126. The fraction of sp³-hybridized carbons (Fsp3) is 0.667. The number of nitrogens with one attached hydrogen (secondary N) is 1. The molecule has 0 atom stereocenters. The van der Waals surface area contributed by atoms with Crippen molar-refractivity contribution in [3.8, 4) is 0 Å². The summed E-state index contributed by atoms with van der Waals surface area (Å²) in [7, 11) is 0. The molecule has 1 saturated carbocycles. The maximum Gasteiger partial charge on any atom is 0.226 e. The van der Waals surface area contributed by atoms with E-state index in [9.17, 15) is 4.79 Å². The Balaban J connectivity index is 1.79. The van der Waals surface area contributed by atoms with E-state index in [2.05, 4.69) is 10.3 Å². The van der Waals surface area contributed by atoms with Crippen LogP contribution in [-0.2, 0) is 4.79 Å². The lowest BCUT2D eigenvalue weighted by Crippen LogP contribution is -2.18. The van der Waals surface area contributed by atoms with Crippen LogP contribution < -0.4 is 5.32 Å². The van der Waals surface area contributed by atoms with Gasteiger partial charge in [-0.15, -0.1) is 11.3 Å². The van der Waals surface area contributed by atoms with Crippen molar-refractivity contribution in [2.45, 2.75) is 45.4 Å². The number of nitrogens with zero attached hydrogens (tertiary/aromatic N) is 1. The first-order valence-electron chi connectivity index (χ1n) is 5.96. The number of carbonyl (C=O) groups is 1.